The van der Waals surface area contributed by atoms with Crippen molar-refractivity contribution in [3.8, 4) is 0 Å². The Labute approximate surface area is 170 Å². The lowest BCUT2D eigenvalue weighted by Gasteiger charge is -2.28. The number of aryl methyl sites for hydroxylation is 1. The summed E-state index contributed by atoms with van der Waals surface area (Å²) in [4.78, 5) is 19.5. The van der Waals surface area contributed by atoms with Gasteiger partial charge in [0.2, 0.25) is 0 Å². The summed E-state index contributed by atoms with van der Waals surface area (Å²) in [5.74, 6) is 1.72. The van der Waals surface area contributed by atoms with Crippen LogP contribution in [0.2, 0.25) is 0 Å². The van der Waals surface area contributed by atoms with Gasteiger partial charge >= 0.3 is 0 Å². The highest BCUT2D eigenvalue weighted by Gasteiger charge is 2.17. The lowest BCUT2D eigenvalue weighted by atomic mass is 10.2. The maximum absolute atomic E-state index is 12.8. The van der Waals surface area contributed by atoms with Gasteiger partial charge in [-0.1, -0.05) is 0 Å². The average molecular weight is 394 g/mol. The quantitative estimate of drug-likeness (QED) is 0.696. The molecular weight excluding hydrogens is 368 g/mol. The van der Waals surface area contributed by atoms with E-state index in [1.165, 1.54) is 0 Å². The molecule has 3 aromatic heterocycles. The average Bonchev–Trinajstić information content (AvgIpc) is 3.37. The summed E-state index contributed by atoms with van der Waals surface area (Å²) in [6.45, 7) is 8.16. The van der Waals surface area contributed by atoms with E-state index in [4.69, 9.17) is 9.15 Å². The molecule has 7 nitrogen and oxygen atoms in total. The molecule has 7 heteroatoms. The summed E-state index contributed by atoms with van der Waals surface area (Å²) in [6, 6.07) is 9.71. The second-order valence-corrected chi connectivity index (χ2v) is 7.25. The molecule has 4 rings (SSSR count). The first-order valence-electron chi connectivity index (χ1n) is 9.87. The van der Waals surface area contributed by atoms with Gasteiger partial charge < -0.3 is 23.9 Å². The minimum atomic E-state index is -0.0754. The van der Waals surface area contributed by atoms with E-state index >= 15 is 0 Å². The fourth-order valence-corrected chi connectivity index (χ4v) is 3.65. The number of morpholine rings is 1. The summed E-state index contributed by atoms with van der Waals surface area (Å²) in [5.41, 5.74) is 3.68. The van der Waals surface area contributed by atoms with E-state index in [1.807, 2.05) is 44.2 Å². The molecule has 0 bridgehead atoms. The van der Waals surface area contributed by atoms with Crippen molar-refractivity contribution in [3.63, 3.8) is 0 Å². The zero-order valence-corrected chi connectivity index (χ0v) is 16.9. The molecule has 1 N–H and O–H groups in total. The predicted octanol–water partition coefficient (Wildman–Crippen LogP) is 2.91. The number of ether oxygens (including phenoxy) is 1. The molecule has 0 spiro atoms. The molecule has 3 aromatic rings. The van der Waals surface area contributed by atoms with Crippen LogP contribution in [0.15, 0.2) is 47.2 Å². The number of hydrogen-bond acceptors (Lipinski definition) is 5. The Morgan fingerprint density at radius 2 is 2.03 bits per heavy atom. The van der Waals surface area contributed by atoms with Gasteiger partial charge in [-0.05, 0) is 49.7 Å². The molecule has 4 heterocycles. The third-order valence-electron chi connectivity index (χ3n) is 5.31. The second-order valence-electron chi connectivity index (χ2n) is 7.25. The third-order valence-corrected chi connectivity index (χ3v) is 5.31. The molecule has 0 unspecified atom stereocenters. The smallest absolute Gasteiger partial charge is 0.253 e. The number of rotatable bonds is 6. The SMILES string of the molecule is Cc1cc(C(=O)NCc2ccnc(N3CCOCC3)c2)c(C)n1Cc1ccco1. The standard InChI is InChI=1S/C22H26N4O3/c1-16-12-20(17(2)26(16)15-19-4-3-9-29-19)22(27)24-14-18-5-6-23-21(13-18)25-7-10-28-11-8-25/h3-6,9,12-13H,7-8,10-11,14-15H2,1-2H3,(H,24,27). The Morgan fingerprint density at radius 1 is 1.21 bits per heavy atom. The summed E-state index contributed by atoms with van der Waals surface area (Å²) >= 11 is 0. The Kier molecular flexibility index (Phi) is 5.67. The van der Waals surface area contributed by atoms with E-state index in [9.17, 15) is 4.79 Å². The summed E-state index contributed by atoms with van der Waals surface area (Å²) < 4.78 is 12.9. The van der Waals surface area contributed by atoms with E-state index in [-0.39, 0.29) is 5.91 Å². The van der Waals surface area contributed by atoms with Crippen molar-refractivity contribution >= 4 is 11.7 Å². The maximum Gasteiger partial charge on any atom is 0.253 e. The molecule has 1 aliphatic rings. The van der Waals surface area contributed by atoms with Crippen LogP contribution in [0.4, 0.5) is 5.82 Å². The summed E-state index contributed by atoms with van der Waals surface area (Å²) in [5, 5.41) is 3.04. The van der Waals surface area contributed by atoms with Crippen molar-refractivity contribution in [2.75, 3.05) is 31.2 Å². The zero-order valence-electron chi connectivity index (χ0n) is 16.9. The fourth-order valence-electron chi connectivity index (χ4n) is 3.65. The van der Waals surface area contributed by atoms with Crippen LogP contribution in [0.3, 0.4) is 0 Å². The van der Waals surface area contributed by atoms with Crippen LogP contribution in [0, 0.1) is 13.8 Å². The van der Waals surface area contributed by atoms with Gasteiger partial charge in [0.1, 0.15) is 11.6 Å². The molecule has 0 aliphatic carbocycles. The third kappa shape index (κ3) is 4.35. The Bertz CT molecular complexity index is 972. The van der Waals surface area contributed by atoms with Crippen LogP contribution in [0.5, 0.6) is 0 Å². The van der Waals surface area contributed by atoms with E-state index in [0.717, 1.165) is 54.8 Å². The number of anilines is 1. The zero-order chi connectivity index (χ0) is 20.2. The van der Waals surface area contributed by atoms with Crippen molar-refractivity contribution in [1.82, 2.24) is 14.9 Å². The van der Waals surface area contributed by atoms with Crippen molar-refractivity contribution in [3.05, 3.63) is 71.1 Å². The fraction of sp³-hybridized carbons (Fsp3) is 0.364. The second kappa shape index (κ2) is 8.53. The van der Waals surface area contributed by atoms with E-state index in [0.29, 0.717) is 18.7 Å². The van der Waals surface area contributed by atoms with E-state index < -0.39 is 0 Å². The van der Waals surface area contributed by atoms with Crippen LogP contribution in [-0.4, -0.2) is 41.8 Å². The molecule has 0 saturated carbocycles. The molecule has 1 aliphatic heterocycles. The number of aromatic nitrogens is 2. The first-order valence-corrected chi connectivity index (χ1v) is 9.87. The van der Waals surface area contributed by atoms with Crippen LogP contribution in [0.25, 0.3) is 0 Å². The van der Waals surface area contributed by atoms with Crippen LogP contribution < -0.4 is 10.2 Å². The first-order chi connectivity index (χ1) is 14.1. The lowest BCUT2D eigenvalue weighted by molar-refractivity contribution is 0.0950. The van der Waals surface area contributed by atoms with Crippen molar-refractivity contribution < 1.29 is 13.9 Å². The number of pyridine rings is 1. The maximum atomic E-state index is 12.8. The normalized spacial score (nSPS) is 14.2. The monoisotopic (exact) mass is 394 g/mol. The number of nitrogens with zero attached hydrogens (tertiary/aromatic N) is 3. The molecule has 0 atom stereocenters. The number of nitrogens with one attached hydrogen (secondary N) is 1. The molecule has 152 valence electrons. The van der Waals surface area contributed by atoms with Crippen LogP contribution >= 0.6 is 0 Å². The van der Waals surface area contributed by atoms with E-state index in [1.54, 1.807) is 12.5 Å². The lowest BCUT2D eigenvalue weighted by Crippen LogP contribution is -2.36. The highest BCUT2D eigenvalue weighted by Crippen LogP contribution is 2.18. The predicted molar refractivity (Wildman–Crippen MR) is 110 cm³/mol. The van der Waals surface area contributed by atoms with E-state index in [2.05, 4.69) is 19.8 Å². The largest absolute Gasteiger partial charge is 0.467 e. The molecular formula is C22H26N4O3. The van der Waals surface area contributed by atoms with Gasteiger partial charge in [0.25, 0.3) is 5.91 Å². The molecule has 1 fully saturated rings. The number of furan rings is 1. The summed E-state index contributed by atoms with van der Waals surface area (Å²) in [7, 11) is 0. The molecule has 1 amide bonds. The number of hydrogen-bond donors (Lipinski definition) is 1. The number of amides is 1. The molecule has 1 saturated heterocycles. The van der Waals surface area contributed by atoms with Gasteiger partial charge in [-0.3, -0.25) is 4.79 Å². The minimum absolute atomic E-state index is 0.0754. The number of carbonyl (C=O) groups is 1. The molecule has 0 aromatic carbocycles. The Morgan fingerprint density at radius 3 is 2.79 bits per heavy atom. The summed E-state index contributed by atoms with van der Waals surface area (Å²) in [6.07, 6.45) is 3.46. The van der Waals surface area contributed by atoms with Gasteiger partial charge in [-0.2, -0.15) is 0 Å². The number of carbonyl (C=O) groups excluding carboxylic acids is 1. The first kappa shape index (κ1) is 19.3. The van der Waals surface area contributed by atoms with Crippen molar-refractivity contribution in [2.24, 2.45) is 0 Å². The van der Waals surface area contributed by atoms with Gasteiger partial charge in [-0.25, -0.2) is 4.98 Å². The van der Waals surface area contributed by atoms with Gasteiger partial charge in [0.15, 0.2) is 0 Å². The van der Waals surface area contributed by atoms with Crippen LogP contribution in [-0.2, 0) is 17.8 Å². The van der Waals surface area contributed by atoms with Crippen LogP contribution in [0.1, 0.15) is 33.1 Å². The Balaban J connectivity index is 1.42. The van der Waals surface area contributed by atoms with Crippen molar-refractivity contribution in [2.45, 2.75) is 26.9 Å². The van der Waals surface area contributed by atoms with Gasteiger partial charge in [0.05, 0.1) is 31.6 Å². The highest BCUT2D eigenvalue weighted by molar-refractivity contribution is 5.95. The van der Waals surface area contributed by atoms with Gasteiger partial charge in [-0.15, -0.1) is 0 Å². The topological polar surface area (TPSA) is 72.5 Å². The molecule has 0 radical (unpaired) electrons. The minimum Gasteiger partial charge on any atom is -0.467 e. The van der Waals surface area contributed by atoms with Crippen molar-refractivity contribution in [1.29, 1.82) is 0 Å². The van der Waals surface area contributed by atoms with Gasteiger partial charge in [0, 0.05) is 37.2 Å². The highest BCUT2D eigenvalue weighted by atomic mass is 16.5. The Hall–Kier alpha value is -3.06. The molecule has 29 heavy (non-hydrogen) atoms.